The van der Waals surface area contributed by atoms with E-state index in [-0.39, 0.29) is 5.56 Å². The first kappa shape index (κ1) is 12.0. The minimum Gasteiger partial charge on any atom is -0.288 e. The van der Waals surface area contributed by atoms with Gasteiger partial charge in [-0.05, 0) is 6.08 Å². The molecule has 0 unspecified atom stereocenters. The van der Waals surface area contributed by atoms with Crippen LogP contribution in [0.2, 0.25) is 0 Å². The SMILES string of the molecule is C=C(F)/C=C(\C(=C)F)C(=O)c1ccccc1. The summed E-state index contributed by atoms with van der Waals surface area (Å²) in [4.78, 5) is 11.7. The quantitative estimate of drug-likeness (QED) is 0.429. The van der Waals surface area contributed by atoms with Gasteiger partial charge < -0.3 is 0 Å². The standard InChI is InChI=1S/C13H10F2O/c1-9(14)8-12(10(2)15)13(16)11-6-4-3-5-7-11/h3-8H,1-2H2/b12-8+. The molecule has 3 heteroatoms. The fourth-order valence-electron chi connectivity index (χ4n) is 1.17. The highest BCUT2D eigenvalue weighted by molar-refractivity contribution is 6.11. The highest BCUT2D eigenvalue weighted by Gasteiger charge is 2.15. The van der Waals surface area contributed by atoms with Crippen LogP contribution in [0.25, 0.3) is 0 Å². The van der Waals surface area contributed by atoms with Crippen molar-refractivity contribution in [1.82, 2.24) is 0 Å². The Morgan fingerprint density at radius 1 is 1.12 bits per heavy atom. The number of carbonyl (C=O) groups is 1. The molecule has 0 aliphatic heterocycles. The Morgan fingerprint density at radius 3 is 2.12 bits per heavy atom. The van der Waals surface area contributed by atoms with Gasteiger partial charge in [-0.1, -0.05) is 43.5 Å². The summed E-state index contributed by atoms with van der Waals surface area (Å²) in [6.45, 7) is 5.94. The van der Waals surface area contributed by atoms with Crippen molar-refractivity contribution in [2.24, 2.45) is 0 Å². The van der Waals surface area contributed by atoms with Crippen LogP contribution in [0.5, 0.6) is 0 Å². The molecule has 0 N–H and O–H groups in total. The van der Waals surface area contributed by atoms with Crippen molar-refractivity contribution >= 4 is 5.78 Å². The van der Waals surface area contributed by atoms with Gasteiger partial charge in [-0.25, -0.2) is 8.78 Å². The molecule has 1 aromatic rings. The van der Waals surface area contributed by atoms with Crippen molar-refractivity contribution in [3.05, 3.63) is 72.4 Å². The van der Waals surface area contributed by atoms with Gasteiger partial charge in [0.25, 0.3) is 0 Å². The number of ketones is 1. The van der Waals surface area contributed by atoms with Gasteiger partial charge in [-0.3, -0.25) is 4.79 Å². The lowest BCUT2D eigenvalue weighted by Gasteiger charge is -2.02. The van der Waals surface area contributed by atoms with E-state index in [9.17, 15) is 13.6 Å². The summed E-state index contributed by atoms with van der Waals surface area (Å²) in [5.41, 5.74) is -0.146. The van der Waals surface area contributed by atoms with E-state index in [0.29, 0.717) is 0 Å². The van der Waals surface area contributed by atoms with E-state index in [2.05, 4.69) is 13.2 Å². The summed E-state index contributed by atoms with van der Waals surface area (Å²) in [5.74, 6) is -2.49. The zero-order chi connectivity index (χ0) is 12.1. The molecule has 0 radical (unpaired) electrons. The second-order valence-corrected chi connectivity index (χ2v) is 3.10. The van der Waals surface area contributed by atoms with Crippen molar-refractivity contribution < 1.29 is 13.6 Å². The van der Waals surface area contributed by atoms with Gasteiger partial charge >= 0.3 is 0 Å². The number of halogens is 2. The number of allylic oxidation sites excluding steroid dienone is 4. The lowest BCUT2D eigenvalue weighted by atomic mass is 10.0. The van der Waals surface area contributed by atoms with Crippen molar-refractivity contribution in [2.45, 2.75) is 0 Å². The van der Waals surface area contributed by atoms with Crippen LogP contribution in [0, 0.1) is 0 Å². The molecular weight excluding hydrogens is 210 g/mol. The Balaban J connectivity index is 3.12. The normalized spacial score (nSPS) is 11.0. The Bertz CT molecular complexity index is 458. The molecule has 82 valence electrons. The lowest BCUT2D eigenvalue weighted by Crippen LogP contribution is -2.03. The zero-order valence-electron chi connectivity index (χ0n) is 8.54. The molecule has 1 nitrogen and oxygen atoms in total. The molecule has 1 aromatic carbocycles. The third kappa shape index (κ3) is 2.98. The van der Waals surface area contributed by atoms with Crippen molar-refractivity contribution in [1.29, 1.82) is 0 Å². The second-order valence-electron chi connectivity index (χ2n) is 3.10. The monoisotopic (exact) mass is 220 g/mol. The molecule has 0 atom stereocenters. The molecule has 0 saturated carbocycles. The van der Waals surface area contributed by atoms with Gasteiger partial charge in [0, 0.05) is 5.56 Å². The number of hydrogen-bond donors (Lipinski definition) is 0. The first-order valence-corrected chi connectivity index (χ1v) is 4.53. The molecule has 0 amide bonds. The predicted molar refractivity (Wildman–Crippen MR) is 59.4 cm³/mol. The topological polar surface area (TPSA) is 17.1 Å². The number of benzene rings is 1. The fraction of sp³-hybridized carbons (Fsp3) is 0. The molecule has 0 saturated heterocycles. The number of carbonyl (C=O) groups excluding carboxylic acids is 1. The first-order chi connectivity index (χ1) is 7.52. The summed E-state index contributed by atoms with van der Waals surface area (Å²) in [5, 5.41) is 0. The molecule has 0 aliphatic rings. The van der Waals surface area contributed by atoms with E-state index in [1.165, 1.54) is 12.1 Å². The van der Waals surface area contributed by atoms with E-state index in [1.54, 1.807) is 18.2 Å². The van der Waals surface area contributed by atoms with Gasteiger partial charge in [-0.15, -0.1) is 0 Å². The highest BCUT2D eigenvalue weighted by atomic mass is 19.1. The number of rotatable bonds is 4. The van der Waals surface area contributed by atoms with E-state index >= 15 is 0 Å². The molecule has 0 spiro atoms. The van der Waals surface area contributed by atoms with Crippen LogP contribution in [-0.2, 0) is 0 Å². The maximum absolute atomic E-state index is 13.0. The third-order valence-corrected chi connectivity index (χ3v) is 1.87. The summed E-state index contributed by atoms with van der Waals surface area (Å²) in [6.07, 6.45) is 0.734. The van der Waals surface area contributed by atoms with Crippen molar-refractivity contribution in [3.8, 4) is 0 Å². The molecule has 0 aromatic heterocycles. The molecule has 16 heavy (non-hydrogen) atoms. The molecule has 1 rings (SSSR count). The average molecular weight is 220 g/mol. The number of hydrogen-bond acceptors (Lipinski definition) is 1. The summed E-state index contributed by atoms with van der Waals surface area (Å²) < 4.78 is 25.5. The average Bonchev–Trinajstić information content (AvgIpc) is 2.25. The Morgan fingerprint density at radius 2 is 1.69 bits per heavy atom. The van der Waals surface area contributed by atoms with Crippen LogP contribution in [0.1, 0.15) is 10.4 Å². The Hall–Kier alpha value is -2.03. The van der Waals surface area contributed by atoms with Crippen LogP contribution >= 0.6 is 0 Å². The van der Waals surface area contributed by atoms with Gasteiger partial charge in [0.15, 0.2) is 5.78 Å². The van der Waals surface area contributed by atoms with Crippen LogP contribution in [-0.4, -0.2) is 5.78 Å². The minimum absolute atomic E-state index is 0.272. The molecule has 0 aliphatic carbocycles. The Kier molecular flexibility index (Phi) is 3.89. The fourth-order valence-corrected chi connectivity index (χ4v) is 1.17. The summed E-state index contributed by atoms with van der Waals surface area (Å²) in [6, 6.07) is 8.02. The van der Waals surface area contributed by atoms with Gasteiger partial charge in [-0.2, -0.15) is 0 Å². The second kappa shape index (κ2) is 5.16. The lowest BCUT2D eigenvalue weighted by molar-refractivity contribution is 0.103. The highest BCUT2D eigenvalue weighted by Crippen LogP contribution is 2.18. The molecule has 0 fully saturated rings. The van der Waals surface area contributed by atoms with Gasteiger partial charge in [0.05, 0.1) is 5.57 Å². The van der Waals surface area contributed by atoms with E-state index < -0.39 is 23.0 Å². The van der Waals surface area contributed by atoms with Gasteiger partial charge in [0.1, 0.15) is 11.7 Å². The van der Waals surface area contributed by atoms with Crippen LogP contribution < -0.4 is 0 Å². The van der Waals surface area contributed by atoms with Crippen LogP contribution in [0.15, 0.2) is 66.8 Å². The van der Waals surface area contributed by atoms with E-state index in [0.717, 1.165) is 6.08 Å². The summed E-state index contributed by atoms with van der Waals surface area (Å²) in [7, 11) is 0. The van der Waals surface area contributed by atoms with E-state index in [4.69, 9.17) is 0 Å². The molecule has 0 heterocycles. The van der Waals surface area contributed by atoms with E-state index in [1.807, 2.05) is 0 Å². The first-order valence-electron chi connectivity index (χ1n) is 4.53. The largest absolute Gasteiger partial charge is 0.288 e. The molecular formula is C13H10F2O. The number of Topliss-reactive ketones (excluding diaryl/α,β-unsaturated/α-hetero) is 1. The zero-order valence-corrected chi connectivity index (χ0v) is 8.54. The minimum atomic E-state index is -0.979. The predicted octanol–water partition coefficient (Wildman–Crippen LogP) is 3.76. The Labute approximate surface area is 92.4 Å². The maximum Gasteiger partial charge on any atom is 0.196 e. The van der Waals surface area contributed by atoms with Gasteiger partial charge in [0.2, 0.25) is 0 Å². The van der Waals surface area contributed by atoms with Crippen LogP contribution in [0.3, 0.4) is 0 Å². The molecule has 0 bridgehead atoms. The van der Waals surface area contributed by atoms with Crippen molar-refractivity contribution in [2.75, 3.05) is 0 Å². The summed E-state index contributed by atoms with van der Waals surface area (Å²) >= 11 is 0. The van der Waals surface area contributed by atoms with Crippen LogP contribution in [0.4, 0.5) is 8.78 Å². The van der Waals surface area contributed by atoms with Crippen molar-refractivity contribution in [3.63, 3.8) is 0 Å². The smallest absolute Gasteiger partial charge is 0.196 e. The maximum atomic E-state index is 13.0. The third-order valence-electron chi connectivity index (χ3n) is 1.87.